The van der Waals surface area contributed by atoms with Crippen LogP contribution in [0, 0.1) is 5.41 Å². The van der Waals surface area contributed by atoms with Crippen LogP contribution in [-0.2, 0) is 21.2 Å². The normalized spacial score (nSPS) is 11.8. The maximum absolute atomic E-state index is 13.3. The molecule has 1 atom stereocenters. The highest BCUT2D eigenvalue weighted by Gasteiger charge is 2.23. The number of rotatable bonds is 9. The summed E-state index contributed by atoms with van der Waals surface area (Å²) in [6, 6.07) is 27.7. The van der Waals surface area contributed by atoms with Crippen LogP contribution in [0.4, 0.5) is 5.69 Å². The van der Waals surface area contributed by atoms with E-state index in [-0.39, 0.29) is 22.7 Å². The lowest BCUT2D eigenvalue weighted by molar-refractivity contribution is -0.118. The summed E-state index contributed by atoms with van der Waals surface area (Å²) in [5, 5.41) is 18.6. The van der Waals surface area contributed by atoms with Gasteiger partial charge in [-0.1, -0.05) is 72.8 Å². The molecule has 0 aromatic heterocycles. The van der Waals surface area contributed by atoms with E-state index in [1.807, 2.05) is 30.3 Å². The quantitative estimate of drug-likeness (QED) is 0.162. The average molecular weight is 542 g/mol. The van der Waals surface area contributed by atoms with Gasteiger partial charge >= 0.3 is 0 Å². The first-order chi connectivity index (χ1) is 18.6. The second-order valence-electron chi connectivity index (χ2n) is 8.82. The second-order valence-corrected chi connectivity index (χ2v) is 10.3. The summed E-state index contributed by atoms with van der Waals surface area (Å²) in [7, 11) is -3.92. The minimum Gasteiger partial charge on any atom is -0.384 e. The van der Waals surface area contributed by atoms with Crippen LogP contribution in [0.1, 0.15) is 21.5 Å². The van der Waals surface area contributed by atoms with Gasteiger partial charge in [0.1, 0.15) is 11.9 Å². The van der Waals surface area contributed by atoms with E-state index in [2.05, 4.69) is 10.6 Å². The molecule has 4 rings (SSSR count). The molecule has 10 heteroatoms. The number of nitrogens with two attached hydrogens (primary N) is 2. The van der Waals surface area contributed by atoms with Crippen molar-refractivity contribution in [2.75, 3.05) is 5.32 Å². The molecule has 0 unspecified atom stereocenters. The molecule has 0 saturated carbocycles. The highest BCUT2D eigenvalue weighted by atomic mass is 32.2. The Bertz CT molecular complexity index is 1620. The lowest BCUT2D eigenvalue weighted by Crippen LogP contribution is -2.45. The molecule has 4 aromatic rings. The Labute approximate surface area is 226 Å². The fourth-order valence-corrected chi connectivity index (χ4v) is 4.81. The van der Waals surface area contributed by atoms with Crippen LogP contribution in [0.5, 0.6) is 0 Å². The average Bonchev–Trinajstić information content (AvgIpc) is 2.93. The van der Waals surface area contributed by atoms with E-state index in [0.29, 0.717) is 22.4 Å². The smallest absolute Gasteiger partial charge is 0.251 e. The van der Waals surface area contributed by atoms with Crippen LogP contribution < -0.4 is 21.5 Å². The molecule has 4 aromatic carbocycles. The molecule has 0 aliphatic carbocycles. The number of nitrogens with one attached hydrogen (secondary N) is 3. The van der Waals surface area contributed by atoms with Gasteiger partial charge in [0.15, 0.2) is 0 Å². The third-order valence-corrected chi connectivity index (χ3v) is 6.97. The number of carbonyl (C=O) groups excluding carboxylic acids is 2. The summed E-state index contributed by atoms with van der Waals surface area (Å²) in [6.07, 6.45) is 0.241. The van der Waals surface area contributed by atoms with Gasteiger partial charge in [-0.3, -0.25) is 15.0 Å². The van der Waals surface area contributed by atoms with Crippen molar-refractivity contribution in [1.82, 2.24) is 5.32 Å². The molecule has 7 N–H and O–H groups in total. The van der Waals surface area contributed by atoms with Crippen molar-refractivity contribution in [3.63, 3.8) is 0 Å². The van der Waals surface area contributed by atoms with Gasteiger partial charge in [-0.15, -0.1) is 0 Å². The van der Waals surface area contributed by atoms with Crippen LogP contribution in [-0.4, -0.2) is 32.1 Å². The largest absolute Gasteiger partial charge is 0.384 e. The number of anilines is 1. The minimum absolute atomic E-state index is 0.00117. The Morgan fingerprint density at radius 2 is 1.46 bits per heavy atom. The van der Waals surface area contributed by atoms with E-state index in [1.165, 1.54) is 12.1 Å². The van der Waals surface area contributed by atoms with Crippen LogP contribution in [0.3, 0.4) is 0 Å². The number of carbonyl (C=O) groups is 2. The van der Waals surface area contributed by atoms with E-state index in [4.69, 9.17) is 16.3 Å². The Kier molecular flexibility index (Phi) is 8.18. The topological polar surface area (TPSA) is 168 Å². The molecule has 0 bridgehead atoms. The number of amides is 2. The number of amidine groups is 1. The highest BCUT2D eigenvalue weighted by molar-refractivity contribution is 7.89. The molecule has 0 radical (unpaired) electrons. The summed E-state index contributed by atoms with van der Waals surface area (Å²) in [6.45, 7) is 0. The summed E-state index contributed by atoms with van der Waals surface area (Å²) in [4.78, 5) is 26.4. The van der Waals surface area contributed by atoms with Crippen molar-refractivity contribution in [2.24, 2.45) is 10.9 Å². The van der Waals surface area contributed by atoms with E-state index < -0.39 is 27.9 Å². The number of hydrogen-bond acceptors (Lipinski definition) is 5. The van der Waals surface area contributed by atoms with E-state index in [0.717, 1.165) is 5.56 Å². The zero-order valence-corrected chi connectivity index (χ0v) is 21.6. The third kappa shape index (κ3) is 6.95. The molecule has 39 heavy (non-hydrogen) atoms. The van der Waals surface area contributed by atoms with Gasteiger partial charge in [0.2, 0.25) is 15.9 Å². The maximum atomic E-state index is 13.3. The Balaban J connectivity index is 1.55. The minimum atomic E-state index is -3.92. The molecule has 0 aliphatic heterocycles. The van der Waals surface area contributed by atoms with Gasteiger partial charge in [0.05, 0.1) is 4.90 Å². The molecule has 0 saturated heterocycles. The van der Waals surface area contributed by atoms with Gasteiger partial charge < -0.3 is 16.4 Å². The molecule has 0 spiro atoms. The standard InChI is InChI=1S/C29H27N5O4S/c30-27(31)21-9-6-10-22(18-21)28(35)34-25(17-19-7-2-1-3-8-19)29(36)33-23-15-13-20(14-16-23)24-11-4-5-12-26(24)39(32,37)38/h1-16,18,25H,17H2,(H3,30,31)(H,33,36)(H,34,35)(H2,32,37,38)/t25-/m1/s1. The van der Waals surface area contributed by atoms with Crippen molar-refractivity contribution in [3.8, 4) is 11.1 Å². The van der Waals surface area contributed by atoms with E-state index >= 15 is 0 Å². The maximum Gasteiger partial charge on any atom is 0.251 e. The van der Waals surface area contributed by atoms with E-state index in [9.17, 15) is 18.0 Å². The molecule has 0 aliphatic rings. The SMILES string of the molecule is N=C(N)c1cccc(C(=O)N[C@H](Cc2ccccc2)C(=O)Nc2ccc(-c3ccccc3S(N)(=O)=O)cc2)c1. The third-order valence-electron chi connectivity index (χ3n) is 6.00. The lowest BCUT2D eigenvalue weighted by Gasteiger charge is -2.19. The summed E-state index contributed by atoms with van der Waals surface area (Å²) in [5.74, 6) is -1.09. The first-order valence-corrected chi connectivity index (χ1v) is 13.5. The van der Waals surface area contributed by atoms with E-state index in [1.54, 1.807) is 60.7 Å². The number of benzene rings is 4. The van der Waals surface area contributed by atoms with Crippen molar-refractivity contribution in [3.05, 3.63) is 120 Å². The van der Waals surface area contributed by atoms with Crippen molar-refractivity contribution < 1.29 is 18.0 Å². The molecule has 9 nitrogen and oxygen atoms in total. The number of nitrogen functional groups attached to an aromatic ring is 1. The lowest BCUT2D eigenvalue weighted by atomic mass is 10.0. The Hall–Kier alpha value is -4.80. The highest BCUT2D eigenvalue weighted by Crippen LogP contribution is 2.27. The summed E-state index contributed by atoms with van der Waals surface area (Å²) in [5.41, 5.74) is 8.58. The predicted molar refractivity (Wildman–Crippen MR) is 151 cm³/mol. The monoisotopic (exact) mass is 541 g/mol. The summed E-state index contributed by atoms with van der Waals surface area (Å²) >= 11 is 0. The zero-order chi connectivity index (χ0) is 28.0. The van der Waals surface area contributed by atoms with Gasteiger partial charge in [0.25, 0.3) is 5.91 Å². The van der Waals surface area contributed by atoms with Gasteiger partial charge in [-0.05, 0) is 41.5 Å². The number of hydrogen-bond donors (Lipinski definition) is 5. The number of sulfonamides is 1. The van der Waals surface area contributed by atoms with Crippen LogP contribution in [0.15, 0.2) is 108 Å². The number of primary sulfonamides is 1. The van der Waals surface area contributed by atoms with Crippen molar-refractivity contribution in [2.45, 2.75) is 17.4 Å². The molecular weight excluding hydrogens is 514 g/mol. The first-order valence-electron chi connectivity index (χ1n) is 11.9. The van der Waals surface area contributed by atoms with Gasteiger partial charge in [0, 0.05) is 28.8 Å². The predicted octanol–water partition coefficient (Wildman–Crippen LogP) is 3.26. The molecule has 198 valence electrons. The van der Waals surface area contributed by atoms with Crippen LogP contribution in [0.2, 0.25) is 0 Å². The first kappa shape index (κ1) is 27.2. The Morgan fingerprint density at radius 3 is 2.13 bits per heavy atom. The fourth-order valence-electron chi connectivity index (χ4n) is 4.04. The van der Waals surface area contributed by atoms with Crippen molar-refractivity contribution >= 4 is 33.4 Å². The van der Waals surface area contributed by atoms with Crippen LogP contribution >= 0.6 is 0 Å². The molecule has 0 heterocycles. The van der Waals surface area contributed by atoms with Crippen molar-refractivity contribution in [1.29, 1.82) is 5.41 Å². The molecular formula is C29H27N5O4S. The zero-order valence-electron chi connectivity index (χ0n) is 20.8. The van der Waals surface area contributed by atoms with Gasteiger partial charge in [-0.2, -0.15) is 0 Å². The van der Waals surface area contributed by atoms with Gasteiger partial charge in [-0.25, -0.2) is 13.6 Å². The Morgan fingerprint density at radius 1 is 0.821 bits per heavy atom. The fraction of sp³-hybridized carbons (Fsp3) is 0.0690. The second kappa shape index (κ2) is 11.7. The summed E-state index contributed by atoms with van der Waals surface area (Å²) < 4.78 is 24.0. The molecule has 0 fully saturated rings. The molecule has 2 amide bonds. The van der Waals surface area contributed by atoms with Crippen LogP contribution in [0.25, 0.3) is 11.1 Å².